The molecule has 1 atom stereocenters. The third-order valence-corrected chi connectivity index (χ3v) is 6.70. The summed E-state index contributed by atoms with van der Waals surface area (Å²) < 4.78 is 16.6. The molecule has 12 heteroatoms. The van der Waals surface area contributed by atoms with Gasteiger partial charge in [0, 0.05) is 13.6 Å². The average Bonchev–Trinajstić information content (AvgIpc) is 3.35. The average molecular weight is 562 g/mol. The molecular weight excluding hydrogens is 530 g/mol. The number of carboxylic acid groups (broad SMARTS) is 1. The largest absolute Gasteiger partial charge is 0.492 e. The number of nitrogens with zero attached hydrogens (tertiary/aromatic N) is 3. The van der Waals surface area contributed by atoms with Crippen LogP contribution in [-0.4, -0.2) is 79.1 Å². The summed E-state index contributed by atoms with van der Waals surface area (Å²) in [6, 6.07) is 19.2. The normalized spacial score (nSPS) is 15.9. The number of hydrogen-bond donors (Lipinski definition) is 3. The Morgan fingerprint density at radius 1 is 1.17 bits per heavy atom. The molecule has 3 aromatic rings. The summed E-state index contributed by atoms with van der Waals surface area (Å²) in [5, 5.41) is 15.0. The van der Waals surface area contributed by atoms with Crippen molar-refractivity contribution < 1.29 is 33.7 Å². The van der Waals surface area contributed by atoms with Crippen LogP contribution in [0.15, 0.2) is 60.7 Å². The summed E-state index contributed by atoms with van der Waals surface area (Å²) in [5.74, 6) is 1.54. The van der Waals surface area contributed by atoms with E-state index in [2.05, 4.69) is 21.7 Å². The van der Waals surface area contributed by atoms with Crippen molar-refractivity contribution >= 4 is 29.7 Å². The predicted molar refractivity (Wildman–Crippen MR) is 150 cm³/mol. The minimum absolute atomic E-state index is 0.0585. The molecule has 3 heterocycles. The zero-order valence-corrected chi connectivity index (χ0v) is 22.5. The maximum atomic E-state index is 12.5. The van der Waals surface area contributed by atoms with E-state index < -0.39 is 12.2 Å². The number of amides is 3. The monoisotopic (exact) mass is 561 g/mol. The molecule has 3 amide bonds. The fraction of sp³-hybridized carbons (Fsp3) is 0.310. The number of carbonyl (C=O) groups is 3. The van der Waals surface area contributed by atoms with Crippen molar-refractivity contribution in [2.45, 2.75) is 19.1 Å². The molecule has 0 radical (unpaired) electrons. The summed E-state index contributed by atoms with van der Waals surface area (Å²) >= 11 is 0. The summed E-state index contributed by atoms with van der Waals surface area (Å²) in [6.07, 6.45) is -1.13. The van der Waals surface area contributed by atoms with Crippen LogP contribution in [0.5, 0.6) is 11.5 Å². The van der Waals surface area contributed by atoms with E-state index in [1.54, 1.807) is 12.1 Å². The molecule has 5 rings (SSSR count). The van der Waals surface area contributed by atoms with Crippen LogP contribution in [0.3, 0.4) is 0 Å². The molecule has 2 aliphatic heterocycles. The highest BCUT2D eigenvalue weighted by Crippen LogP contribution is 2.30. The lowest BCUT2D eigenvalue weighted by Gasteiger charge is -2.19. The lowest BCUT2D eigenvalue weighted by atomic mass is 10.0. The van der Waals surface area contributed by atoms with Crippen molar-refractivity contribution in [3.05, 3.63) is 66.2 Å². The Morgan fingerprint density at radius 3 is 2.80 bits per heavy atom. The molecule has 0 aliphatic carbocycles. The van der Waals surface area contributed by atoms with Gasteiger partial charge in [0.1, 0.15) is 24.3 Å². The fourth-order valence-electron chi connectivity index (χ4n) is 4.48. The van der Waals surface area contributed by atoms with Crippen molar-refractivity contribution in [1.29, 1.82) is 0 Å². The topological polar surface area (TPSA) is 143 Å². The summed E-state index contributed by atoms with van der Waals surface area (Å²) in [5.41, 5.74) is 3.14. The second-order valence-electron chi connectivity index (χ2n) is 9.72. The number of carbonyl (C=O) groups excluding carboxylic acids is 2. The van der Waals surface area contributed by atoms with Gasteiger partial charge in [0.05, 0.1) is 13.1 Å². The first-order valence-corrected chi connectivity index (χ1v) is 13.2. The molecule has 12 nitrogen and oxygen atoms in total. The fourth-order valence-corrected chi connectivity index (χ4v) is 4.48. The smallest absolute Gasteiger partial charge is 0.415 e. The molecule has 1 saturated heterocycles. The van der Waals surface area contributed by atoms with Gasteiger partial charge in [-0.1, -0.05) is 30.3 Å². The third kappa shape index (κ3) is 7.03. The van der Waals surface area contributed by atoms with Crippen molar-refractivity contribution in [3.8, 4) is 22.6 Å². The number of benzene rings is 2. The number of ether oxygens (including phenoxy) is 3. The van der Waals surface area contributed by atoms with Crippen LogP contribution in [0.2, 0.25) is 0 Å². The zero-order chi connectivity index (χ0) is 28.8. The standard InChI is InChI=1S/C29H31N5O7/c1-33(28(36)37)12-13-39-22-7-3-6-21(15-22)20-5-2-4-19(14-20)16-30-11-10-23-17-34(29(38)41-23)25-9-8-24-27(31-25)32-26(35)18-40-24/h2-9,14-15,23,30H,10-13,16-18H2,1H3,(H,36,37)(H,31,32,35)/t23-/m0/s1. The third-order valence-electron chi connectivity index (χ3n) is 6.70. The lowest BCUT2D eigenvalue weighted by Crippen LogP contribution is -2.29. The van der Waals surface area contributed by atoms with E-state index in [4.69, 9.17) is 19.3 Å². The van der Waals surface area contributed by atoms with E-state index in [0.717, 1.165) is 16.7 Å². The SMILES string of the molecule is CN(CCOc1cccc(-c2cccc(CNCC[C@H]3CN(c4ccc5c(n4)NC(=O)CO5)C(=O)O3)c2)c1)C(=O)O. The molecule has 0 bridgehead atoms. The Bertz CT molecular complexity index is 1430. The van der Waals surface area contributed by atoms with Gasteiger partial charge in [-0.05, 0) is 60.0 Å². The van der Waals surface area contributed by atoms with Gasteiger partial charge in [-0.25, -0.2) is 14.6 Å². The van der Waals surface area contributed by atoms with E-state index in [0.29, 0.717) is 49.2 Å². The van der Waals surface area contributed by atoms with Crippen molar-refractivity contribution in [3.63, 3.8) is 0 Å². The van der Waals surface area contributed by atoms with Gasteiger partial charge in [0.15, 0.2) is 18.2 Å². The second-order valence-corrected chi connectivity index (χ2v) is 9.72. The van der Waals surface area contributed by atoms with Crippen LogP contribution in [0.25, 0.3) is 11.1 Å². The number of anilines is 2. The number of aromatic nitrogens is 1. The van der Waals surface area contributed by atoms with Crippen LogP contribution in [0.1, 0.15) is 12.0 Å². The minimum atomic E-state index is -0.991. The van der Waals surface area contributed by atoms with Crippen LogP contribution in [0.4, 0.5) is 21.2 Å². The molecule has 214 valence electrons. The molecule has 0 saturated carbocycles. The zero-order valence-electron chi connectivity index (χ0n) is 22.5. The Kier molecular flexibility index (Phi) is 8.49. The first-order valence-electron chi connectivity index (χ1n) is 13.2. The maximum Gasteiger partial charge on any atom is 0.415 e. The molecule has 1 aromatic heterocycles. The summed E-state index contributed by atoms with van der Waals surface area (Å²) in [7, 11) is 1.50. The van der Waals surface area contributed by atoms with Crippen molar-refractivity contribution in [1.82, 2.24) is 15.2 Å². The maximum absolute atomic E-state index is 12.5. The molecule has 1 fully saturated rings. The summed E-state index contributed by atoms with van der Waals surface area (Å²) in [6.45, 7) is 2.13. The highest BCUT2D eigenvalue weighted by Gasteiger charge is 2.33. The van der Waals surface area contributed by atoms with Gasteiger partial charge in [0.25, 0.3) is 5.91 Å². The minimum Gasteiger partial charge on any atom is -0.492 e. The first-order chi connectivity index (χ1) is 19.9. The number of likely N-dealkylation sites (N-methyl/N-ethyl adjacent to an activating group) is 1. The first kappa shape index (κ1) is 27.7. The van der Waals surface area contributed by atoms with E-state index in [-0.39, 0.29) is 31.8 Å². The van der Waals surface area contributed by atoms with Crippen molar-refractivity contribution in [2.75, 3.05) is 50.1 Å². The van der Waals surface area contributed by atoms with Gasteiger partial charge < -0.3 is 34.9 Å². The van der Waals surface area contributed by atoms with E-state index in [9.17, 15) is 14.4 Å². The number of cyclic esters (lactones) is 1. The molecule has 3 N–H and O–H groups in total. The number of rotatable bonds is 11. The Morgan fingerprint density at radius 2 is 1.98 bits per heavy atom. The molecule has 0 spiro atoms. The Hall–Kier alpha value is -4.84. The van der Waals surface area contributed by atoms with Crippen LogP contribution >= 0.6 is 0 Å². The van der Waals surface area contributed by atoms with Gasteiger partial charge >= 0.3 is 12.2 Å². The van der Waals surface area contributed by atoms with Gasteiger partial charge in [0.2, 0.25) is 0 Å². The molecule has 0 unspecified atom stereocenters. The number of nitrogens with one attached hydrogen (secondary N) is 2. The molecule has 41 heavy (non-hydrogen) atoms. The highest BCUT2D eigenvalue weighted by molar-refractivity contribution is 5.95. The van der Waals surface area contributed by atoms with Crippen LogP contribution in [-0.2, 0) is 16.1 Å². The Labute approximate surface area is 236 Å². The predicted octanol–water partition coefficient (Wildman–Crippen LogP) is 3.57. The van der Waals surface area contributed by atoms with Crippen molar-refractivity contribution in [2.24, 2.45) is 0 Å². The number of hydrogen-bond acceptors (Lipinski definition) is 8. The van der Waals surface area contributed by atoms with E-state index >= 15 is 0 Å². The quantitative estimate of drug-likeness (QED) is 0.300. The number of pyridine rings is 1. The van der Waals surface area contributed by atoms with E-state index in [1.165, 1.54) is 16.8 Å². The van der Waals surface area contributed by atoms with Gasteiger partial charge in [-0.2, -0.15) is 0 Å². The van der Waals surface area contributed by atoms with Crippen LogP contribution < -0.4 is 25.0 Å². The molecule has 2 aromatic carbocycles. The lowest BCUT2D eigenvalue weighted by molar-refractivity contribution is -0.118. The second kappa shape index (κ2) is 12.6. The summed E-state index contributed by atoms with van der Waals surface area (Å²) in [4.78, 5) is 42.0. The Balaban J connectivity index is 1.10. The number of fused-ring (bicyclic) bond motifs is 1. The van der Waals surface area contributed by atoms with E-state index in [1.807, 2.05) is 42.5 Å². The highest BCUT2D eigenvalue weighted by atomic mass is 16.6. The van der Waals surface area contributed by atoms with Gasteiger partial charge in [-0.15, -0.1) is 0 Å². The van der Waals surface area contributed by atoms with Crippen LogP contribution in [0, 0.1) is 0 Å². The molecular formula is C29H31N5O7. The molecule has 2 aliphatic rings. The van der Waals surface area contributed by atoms with Gasteiger partial charge in [-0.3, -0.25) is 9.69 Å².